The predicted molar refractivity (Wildman–Crippen MR) is 139 cm³/mol. The molecule has 0 spiro atoms. The number of alkyl carbamates (subject to hydrolysis) is 1. The highest BCUT2D eigenvalue weighted by Gasteiger charge is 2.28. The number of nitrogens with zero attached hydrogens (tertiary/aromatic N) is 1. The smallest absolute Gasteiger partial charge is 0.407 e. The fraction of sp³-hybridized carbons (Fsp3) is 0.448. The molecule has 2 aromatic carbocycles. The quantitative estimate of drug-likeness (QED) is 0.457. The van der Waals surface area contributed by atoms with Crippen LogP contribution in [0.4, 0.5) is 4.79 Å². The van der Waals surface area contributed by atoms with Gasteiger partial charge in [-0.1, -0.05) is 60.7 Å². The van der Waals surface area contributed by atoms with Crippen LogP contribution in [0.3, 0.4) is 0 Å². The average molecular weight is 495 g/mol. The van der Waals surface area contributed by atoms with E-state index in [1.807, 2.05) is 60.7 Å². The summed E-state index contributed by atoms with van der Waals surface area (Å²) in [7, 11) is 0. The summed E-state index contributed by atoms with van der Waals surface area (Å²) in [6, 6.07) is 18.7. The highest BCUT2D eigenvalue weighted by molar-refractivity contribution is 5.78. The lowest BCUT2D eigenvalue weighted by Crippen LogP contribution is -2.47. The number of carbonyl (C=O) groups excluding carboxylic acids is 2. The van der Waals surface area contributed by atoms with Crippen molar-refractivity contribution in [1.29, 1.82) is 0 Å². The second-order valence-electron chi connectivity index (χ2n) is 10.3. The molecular weight excluding hydrogens is 456 g/mol. The highest BCUT2D eigenvalue weighted by Crippen LogP contribution is 2.25. The van der Waals surface area contributed by atoms with Crippen molar-refractivity contribution in [2.45, 2.75) is 83.3 Å². The predicted octanol–water partition coefficient (Wildman–Crippen LogP) is 4.33. The van der Waals surface area contributed by atoms with E-state index in [2.05, 4.69) is 5.32 Å². The zero-order valence-corrected chi connectivity index (χ0v) is 21.4. The summed E-state index contributed by atoms with van der Waals surface area (Å²) in [6.45, 7) is 5.75. The molecule has 3 N–H and O–H groups in total. The fourth-order valence-corrected chi connectivity index (χ4v) is 4.24. The van der Waals surface area contributed by atoms with Crippen molar-refractivity contribution in [2.24, 2.45) is 0 Å². The van der Waals surface area contributed by atoms with Gasteiger partial charge in [-0.2, -0.15) is 0 Å². The van der Waals surface area contributed by atoms with Crippen molar-refractivity contribution in [3.8, 4) is 0 Å². The molecule has 0 heterocycles. The fourth-order valence-electron chi connectivity index (χ4n) is 4.24. The lowest BCUT2D eigenvalue weighted by Gasteiger charge is -2.28. The maximum atomic E-state index is 13.3. The number of aliphatic hydroxyl groups excluding tert-OH is 2. The summed E-state index contributed by atoms with van der Waals surface area (Å²) in [4.78, 5) is 27.5. The number of benzene rings is 2. The van der Waals surface area contributed by atoms with Gasteiger partial charge >= 0.3 is 6.09 Å². The molecule has 0 fully saturated rings. The van der Waals surface area contributed by atoms with E-state index in [4.69, 9.17) is 4.74 Å². The Hall–Kier alpha value is -3.16. The van der Waals surface area contributed by atoms with Gasteiger partial charge in [0.05, 0.1) is 24.8 Å². The first kappa shape index (κ1) is 27.4. The van der Waals surface area contributed by atoms with Gasteiger partial charge < -0.3 is 25.2 Å². The number of aliphatic hydroxyl groups is 2. The lowest BCUT2D eigenvalue weighted by molar-refractivity contribution is -0.130. The molecule has 7 heteroatoms. The number of hydrogen-bond acceptors (Lipinski definition) is 5. The molecule has 1 aliphatic carbocycles. The van der Waals surface area contributed by atoms with Gasteiger partial charge in [0.2, 0.25) is 5.91 Å². The van der Waals surface area contributed by atoms with E-state index in [-0.39, 0.29) is 18.7 Å². The molecule has 3 atom stereocenters. The van der Waals surface area contributed by atoms with Crippen LogP contribution in [-0.4, -0.2) is 51.0 Å². The molecule has 1 unspecified atom stereocenters. The topological polar surface area (TPSA) is 99.1 Å². The van der Waals surface area contributed by atoms with Crippen LogP contribution in [-0.2, 0) is 22.5 Å². The monoisotopic (exact) mass is 494 g/mol. The van der Waals surface area contributed by atoms with Crippen LogP contribution >= 0.6 is 0 Å². The van der Waals surface area contributed by atoms with Gasteiger partial charge in [-0.15, -0.1) is 0 Å². The Morgan fingerprint density at radius 1 is 1.06 bits per heavy atom. The summed E-state index contributed by atoms with van der Waals surface area (Å²) in [5.74, 6) is -0.131. The summed E-state index contributed by atoms with van der Waals surface area (Å²) in [5, 5.41) is 23.8. The van der Waals surface area contributed by atoms with E-state index < -0.39 is 29.9 Å². The molecule has 1 aliphatic rings. The maximum absolute atomic E-state index is 13.3. The van der Waals surface area contributed by atoms with Gasteiger partial charge in [-0.25, -0.2) is 4.79 Å². The van der Waals surface area contributed by atoms with Crippen molar-refractivity contribution >= 4 is 12.0 Å². The van der Waals surface area contributed by atoms with Crippen LogP contribution in [0.2, 0.25) is 0 Å². The molecule has 7 nitrogen and oxygen atoms in total. The SMILES string of the molecule is CC(C)(C)OC(=O)N[C@@H](Cc1ccccc1)[C@@H](O)CCC(=O)N(Cc1ccccc1)C1=CC(O)CC1. The van der Waals surface area contributed by atoms with Crippen molar-refractivity contribution < 1.29 is 24.5 Å². The van der Waals surface area contributed by atoms with Crippen LogP contribution in [0.25, 0.3) is 0 Å². The third kappa shape index (κ3) is 8.81. The van der Waals surface area contributed by atoms with Crippen LogP contribution in [0.15, 0.2) is 72.4 Å². The summed E-state index contributed by atoms with van der Waals surface area (Å²) in [5.41, 5.74) is 2.08. The number of allylic oxidation sites excluding steroid dienone is 1. The lowest BCUT2D eigenvalue weighted by atomic mass is 9.98. The minimum Gasteiger partial charge on any atom is -0.444 e. The Balaban J connectivity index is 1.69. The Morgan fingerprint density at radius 2 is 1.67 bits per heavy atom. The largest absolute Gasteiger partial charge is 0.444 e. The second kappa shape index (κ2) is 12.7. The van der Waals surface area contributed by atoms with Gasteiger partial charge in [0, 0.05) is 12.1 Å². The average Bonchev–Trinajstić information content (AvgIpc) is 3.26. The molecule has 0 radical (unpaired) electrons. The van der Waals surface area contributed by atoms with E-state index in [1.54, 1.807) is 31.7 Å². The molecule has 2 aromatic rings. The summed E-state index contributed by atoms with van der Waals surface area (Å²) >= 11 is 0. The number of amides is 2. The molecule has 36 heavy (non-hydrogen) atoms. The first-order valence-electron chi connectivity index (χ1n) is 12.6. The number of rotatable bonds is 10. The Bertz CT molecular complexity index is 1020. The van der Waals surface area contributed by atoms with Crippen LogP contribution in [0.5, 0.6) is 0 Å². The molecule has 0 bridgehead atoms. The number of hydrogen-bond donors (Lipinski definition) is 3. The van der Waals surface area contributed by atoms with Gasteiger partial charge in [0.1, 0.15) is 5.60 Å². The summed E-state index contributed by atoms with van der Waals surface area (Å²) in [6.07, 6.45) is 1.52. The molecule has 0 aliphatic heterocycles. The van der Waals surface area contributed by atoms with Gasteiger partial charge in [-0.05, 0) is 63.7 Å². The Kier molecular flexibility index (Phi) is 9.67. The molecule has 3 rings (SSSR count). The van der Waals surface area contributed by atoms with Crippen LogP contribution < -0.4 is 5.32 Å². The van der Waals surface area contributed by atoms with Gasteiger partial charge in [-0.3, -0.25) is 4.79 Å². The van der Waals surface area contributed by atoms with E-state index in [0.717, 1.165) is 16.8 Å². The molecule has 194 valence electrons. The maximum Gasteiger partial charge on any atom is 0.407 e. The van der Waals surface area contributed by atoms with E-state index >= 15 is 0 Å². The van der Waals surface area contributed by atoms with Crippen LogP contribution in [0, 0.1) is 0 Å². The third-order valence-electron chi connectivity index (χ3n) is 6.03. The number of ether oxygens (including phenoxy) is 1. The normalized spacial score (nSPS) is 17.1. The third-order valence-corrected chi connectivity index (χ3v) is 6.03. The minimum atomic E-state index is -0.955. The molecular formula is C29H38N2O5. The van der Waals surface area contributed by atoms with Gasteiger partial charge in [0.15, 0.2) is 0 Å². The zero-order valence-electron chi connectivity index (χ0n) is 21.4. The zero-order chi connectivity index (χ0) is 26.1. The second-order valence-corrected chi connectivity index (χ2v) is 10.3. The van der Waals surface area contributed by atoms with Crippen molar-refractivity contribution in [3.05, 3.63) is 83.6 Å². The Morgan fingerprint density at radius 3 is 2.22 bits per heavy atom. The molecule has 0 aromatic heterocycles. The van der Waals surface area contributed by atoms with E-state index in [0.29, 0.717) is 25.8 Å². The van der Waals surface area contributed by atoms with Crippen molar-refractivity contribution in [2.75, 3.05) is 0 Å². The van der Waals surface area contributed by atoms with Crippen LogP contribution in [0.1, 0.15) is 57.6 Å². The van der Waals surface area contributed by atoms with Crippen molar-refractivity contribution in [1.82, 2.24) is 10.2 Å². The standard InChI is InChI=1S/C29H38N2O5/c1-29(2,3)36-28(35)30-25(18-21-10-6-4-7-11-21)26(33)16-17-27(34)31(23-14-15-24(32)19-23)20-22-12-8-5-9-13-22/h4-13,19,24-26,32-33H,14-18,20H2,1-3H3,(H,30,35)/t24?,25-,26-/m0/s1. The first-order valence-corrected chi connectivity index (χ1v) is 12.6. The highest BCUT2D eigenvalue weighted by atomic mass is 16.6. The summed E-state index contributed by atoms with van der Waals surface area (Å²) < 4.78 is 5.40. The minimum absolute atomic E-state index is 0.0999. The molecule has 2 amide bonds. The first-order chi connectivity index (χ1) is 17.1. The van der Waals surface area contributed by atoms with Gasteiger partial charge in [0.25, 0.3) is 0 Å². The number of nitrogens with one attached hydrogen (secondary N) is 1. The van der Waals surface area contributed by atoms with E-state index in [9.17, 15) is 19.8 Å². The molecule has 0 saturated heterocycles. The van der Waals surface area contributed by atoms with Crippen molar-refractivity contribution in [3.63, 3.8) is 0 Å². The number of carbonyl (C=O) groups is 2. The molecule has 0 saturated carbocycles. The van der Waals surface area contributed by atoms with E-state index in [1.165, 1.54) is 0 Å². The Labute approximate surface area is 213 Å².